The van der Waals surface area contributed by atoms with Crippen molar-refractivity contribution in [2.45, 2.75) is 43.7 Å². The Bertz CT molecular complexity index is 1070. The molecule has 10 heteroatoms. The van der Waals surface area contributed by atoms with Gasteiger partial charge in [0.15, 0.2) is 6.10 Å². The van der Waals surface area contributed by atoms with Crippen molar-refractivity contribution in [1.29, 1.82) is 0 Å². The van der Waals surface area contributed by atoms with Gasteiger partial charge < -0.3 is 19.5 Å². The molecule has 0 fully saturated rings. The van der Waals surface area contributed by atoms with E-state index in [0.29, 0.717) is 25.4 Å². The van der Waals surface area contributed by atoms with E-state index >= 15 is 0 Å². The van der Waals surface area contributed by atoms with Gasteiger partial charge in [0.25, 0.3) is 5.91 Å². The van der Waals surface area contributed by atoms with Gasteiger partial charge in [-0.3, -0.25) is 9.59 Å². The summed E-state index contributed by atoms with van der Waals surface area (Å²) < 4.78 is 43.1. The molecule has 1 heterocycles. The molecule has 2 aromatic rings. The van der Waals surface area contributed by atoms with Crippen LogP contribution in [0.3, 0.4) is 0 Å². The Morgan fingerprint density at radius 1 is 1.15 bits per heavy atom. The van der Waals surface area contributed by atoms with Crippen LogP contribution in [0.4, 0.5) is 0 Å². The number of rotatable bonds is 10. The molecule has 33 heavy (non-hydrogen) atoms. The highest BCUT2D eigenvalue weighted by Gasteiger charge is 2.26. The fourth-order valence-electron chi connectivity index (χ4n) is 3.34. The fraction of sp³-hybridized carbons (Fsp3) is 0.391. The number of nitrogens with one attached hydrogen (secondary N) is 2. The van der Waals surface area contributed by atoms with Crippen LogP contribution in [0, 0.1) is 0 Å². The van der Waals surface area contributed by atoms with Crippen LogP contribution in [-0.4, -0.2) is 46.2 Å². The molecule has 2 atom stereocenters. The van der Waals surface area contributed by atoms with E-state index < -0.39 is 28.0 Å². The molecule has 2 unspecified atom stereocenters. The van der Waals surface area contributed by atoms with Crippen LogP contribution in [0.1, 0.15) is 38.3 Å². The van der Waals surface area contributed by atoms with Crippen LogP contribution >= 0.6 is 0 Å². The third-order valence-corrected chi connectivity index (χ3v) is 6.50. The number of para-hydroxylation sites is 1. The van der Waals surface area contributed by atoms with E-state index in [-0.39, 0.29) is 23.9 Å². The first-order valence-electron chi connectivity index (χ1n) is 10.7. The summed E-state index contributed by atoms with van der Waals surface area (Å²) in [6.07, 6.45) is -0.625. The van der Waals surface area contributed by atoms with Gasteiger partial charge in [-0.25, -0.2) is 13.1 Å². The normalized spacial score (nSPS) is 16.1. The standard InChI is InChI=1S/C23H28N2O7S/c1-3-30-17-8-10-18(11-9-17)33(28,29)24-14-12-22(26)32-16(2)23(27)25-20-13-15-31-21-7-5-4-6-19(20)21/h4-11,16,20,24H,3,12-15H2,1-2H3,(H,25,27). The highest BCUT2D eigenvalue weighted by molar-refractivity contribution is 7.89. The Labute approximate surface area is 193 Å². The van der Waals surface area contributed by atoms with E-state index in [2.05, 4.69) is 10.0 Å². The zero-order valence-electron chi connectivity index (χ0n) is 18.6. The maximum absolute atomic E-state index is 12.5. The van der Waals surface area contributed by atoms with Crippen molar-refractivity contribution in [3.63, 3.8) is 0 Å². The monoisotopic (exact) mass is 476 g/mol. The molecule has 2 aromatic carbocycles. The fourth-order valence-corrected chi connectivity index (χ4v) is 4.38. The lowest BCUT2D eigenvalue weighted by Crippen LogP contribution is -2.40. The highest BCUT2D eigenvalue weighted by Crippen LogP contribution is 2.31. The van der Waals surface area contributed by atoms with Crippen LogP contribution in [0.15, 0.2) is 53.4 Å². The van der Waals surface area contributed by atoms with Crippen molar-refractivity contribution in [3.8, 4) is 11.5 Å². The minimum atomic E-state index is -3.78. The molecule has 0 saturated carbocycles. The number of ether oxygens (including phenoxy) is 3. The zero-order valence-corrected chi connectivity index (χ0v) is 19.4. The lowest BCUT2D eigenvalue weighted by atomic mass is 10.0. The molecule has 9 nitrogen and oxygen atoms in total. The molecule has 2 N–H and O–H groups in total. The lowest BCUT2D eigenvalue weighted by Gasteiger charge is -2.27. The summed E-state index contributed by atoms with van der Waals surface area (Å²) in [7, 11) is -3.78. The summed E-state index contributed by atoms with van der Waals surface area (Å²) in [5, 5.41) is 2.88. The van der Waals surface area contributed by atoms with Crippen LogP contribution in [0.2, 0.25) is 0 Å². The van der Waals surface area contributed by atoms with Gasteiger partial charge in [-0.1, -0.05) is 18.2 Å². The molecule has 0 spiro atoms. The van der Waals surface area contributed by atoms with E-state index in [9.17, 15) is 18.0 Å². The molecule has 178 valence electrons. The first kappa shape index (κ1) is 24.5. The van der Waals surface area contributed by atoms with Crippen LogP contribution in [0.25, 0.3) is 0 Å². The number of carbonyl (C=O) groups is 2. The smallest absolute Gasteiger partial charge is 0.307 e. The Balaban J connectivity index is 1.45. The first-order chi connectivity index (χ1) is 15.8. The van der Waals surface area contributed by atoms with Gasteiger partial charge in [-0.2, -0.15) is 0 Å². The van der Waals surface area contributed by atoms with Crippen LogP contribution < -0.4 is 19.5 Å². The van der Waals surface area contributed by atoms with Gasteiger partial charge in [-0.15, -0.1) is 0 Å². The van der Waals surface area contributed by atoms with Crippen molar-refractivity contribution in [1.82, 2.24) is 10.0 Å². The van der Waals surface area contributed by atoms with Crippen molar-refractivity contribution < 1.29 is 32.2 Å². The van der Waals surface area contributed by atoms with Crippen LogP contribution in [0.5, 0.6) is 11.5 Å². The number of carbonyl (C=O) groups excluding carboxylic acids is 2. The molecule has 0 bridgehead atoms. The maximum Gasteiger partial charge on any atom is 0.307 e. The summed E-state index contributed by atoms with van der Waals surface area (Å²) in [6, 6.07) is 13.2. The molecule has 0 aromatic heterocycles. The van der Waals surface area contributed by atoms with Crippen LogP contribution in [-0.2, 0) is 24.3 Å². The summed E-state index contributed by atoms with van der Waals surface area (Å²) in [4.78, 5) is 24.7. The third-order valence-electron chi connectivity index (χ3n) is 5.02. The number of benzene rings is 2. The molecular formula is C23H28N2O7S. The average Bonchev–Trinajstić information content (AvgIpc) is 2.79. The zero-order chi connectivity index (χ0) is 23.8. The topological polar surface area (TPSA) is 120 Å². The first-order valence-corrected chi connectivity index (χ1v) is 12.2. The van der Waals surface area contributed by atoms with Gasteiger partial charge in [0, 0.05) is 18.5 Å². The van der Waals surface area contributed by atoms with Crippen molar-refractivity contribution >= 4 is 21.9 Å². The number of esters is 1. The van der Waals surface area contributed by atoms with Gasteiger partial charge >= 0.3 is 5.97 Å². The molecule has 0 saturated heterocycles. The largest absolute Gasteiger partial charge is 0.494 e. The second-order valence-corrected chi connectivity index (χ2v) is 9.19. The second kappa shape index (κ2) is 11.2. The van der Waals surface area contributed by atoms with Gasteiger partial charge in [-0.05, 0) is 44.2 Å². The third kappa shape index (κ3) is 6.69. The average molecular weight is 477 g/mol. The van der Waals surface area contributed by atoms with Gasteiger partial charge in [0.05, 0.1) is 30.6 Å². The highest BCUT2D eigenvalue weighted by atomic mass is 32.2. The molecular weight excluding hydrogens is 448 g/mol. The van der Waals surface area contributed by atoms with Crippen molar-refractivity contribution in [2.24, 2.45) is 0 Å². The molecule has 3 rings (SSSR count). The SMILES string of the molecule is CCOc1ccc(S(=O)(=O)NCCC(=O)OC(C)C(=O)NC2CCOc3ccccc32)cc1. The lowest BCUT2D eigenvalue weighted by molar-refractivity contribution is -0.155. The molecule has 0 radical (unpaired) electrons. The van der Waals surface area contributed by atoms with Crippen molar-refractivity contribution in [2.75, 3.05) is 19.8 Å². The van der Waals surface area contributed by atoms with E-state index in [0.717, 1.165) is 11.3 Å². The van der Waals surface area contributed by atoms with Crippen molar-refractivity contribution in [3.05, 3.63) is 54.1 Å². The van der Waals surface area contributed by atoms with E-state index in [1.165, 1.54) is 19.1 Å². The number of fused-ring (bicyclic) bond motifs is 1. The molecule has 1 amide bonds. The summed E-state index contributed by atoms with van der Waals surface area (Å²) in [5.41, 5.74) is 0.874. The number of hydrogen-bond donors (Lipinski definition) is 2. The quantitative estimate of drug-likeness (QED) is 0.505. The number of amides is 1. The van der Waals surface area contributed by atoms with Gasteiger partial charge in [0.1, 0.15) is 11.5 Å². The maximum atomic E-state index is 12.5. The number of hydrogen-bond acceptors (Lipinski definition) is 7. The summed E-state index contributed by atoms with van der Waals surface area (Å²) >= 11 is 0. The van der Waals surface area contributed by atoms with E-state index in [1.54, 1.807) is 12.1 Å². The summed E-state index contributed by atoms with van der Waals surface area (Å²) in [6.45, 7) is 4.11. The Morgan fingerprint density at radius 2 is 1.88 bits per heavy atom. The Morgan fingerprint density at radius 3 is 2.61 bits per heavy atom. The molecule has 1 aliphatic rings. The summed E-state index contributed by atoms with van der Waals surface area (Å²) in [5.74, 6) is 0.175. The Hall–Kier alpha value is -3.11. The predicted octanol–water partition coefficient (Wildman–Crippen LogP) is 2.33. The molecule has 1 aliphatic heterocycles. The second-order valence-electron chi connectivity index (χ2n) is 7.42. The van der Waals surface area contributed by atoms with E-state index in [4.69, 9.17) is 14.2 Å². The van der Waals surface area contributed by atoms with Gasteiger partial charge in [0.2, 0.25) is 10.0 Å². The predicted molar refractivity (Wildman–Crippen MR) is 120 cm³/mol. The number of sulfonamides is 1. The minimum absolute atomic E-state index is 0.0591. The molecule has 0 aliphatic carbocycles. The van der Waals surface area contributed by atoms with E-state index in [1.807, 2.05) is 31.2 Å². The Kier molecular flexibility index (Phi) is 8.29. The minimum Gasteiger partial charge on any atom is -0.494 e.